The van der Waals surface area contributed by atoms with Crippen molar-refractivity contribution in [2.24, 2.45) is 10.8 Å². The van der Waals surface area contributed by atoms with E-state index in [0.29, 0.717) is 26.1 Å². The first-order valence-corrected chi connectivity index (χ1v) is 4.29. The van der Waals surface area contributed by atoms with E-state index < -0.39 is 0 Å². The molecule has 0 bridgehead atoms. The van der Waals surface area contributed by atoms with Crippen LogP contribution >= 0.6 is 0 Å². The maximum absolute atomic E-state index is 11.0. The van der Waals surface area contributed by atoms with Crippen LogP contribution in [-0.2, 0) is 4.79 Å². The molecule has 0 fully saturated rings. The first-order chi connectivity index (χ1) is 6.31. The molecule has 0 aromatic carbocycles. The van der Waals surface area contributed by atoms with E-state index in [1.54, 1.807) is 0 Å². The molecule has 0 heterocycles. The van der Waals surface area contributed by atoms with Gasteiger partial charge in [0.25, 0.3) is 0 Å². The number of hydrogen-bond donors (Lipinski definition) is 2. The lowest BCUT2D eigenvalue weighted by Gasteiger charge is -2.01. The molecule has 0 aromatic heterocycles. The molecule has 0 aliphatic rings. The Hall–Kier alpha value is -1.26. The Morgan fingerprint density at radius 3 is 2.92 bits per heavy atom. The van der Waals surface area contributed by atoms with Crippen LogP contribution in [-0.4, -0.2) is 25.5 Å². The Labute approximate surface area is 77.1 Å². The van der Waals surface area contributed by atoms with Gasteiger partial charge in [-0.2, -0.15) is 0 Å². The van der Waals surface area contributed by atoms with Gasteiger partial charge in [0.1, 0.15) is 0 Å². The topological polar surface area (TPSA) is 104 Å². The summed E-state index contributed by atoms with van der Waals surface area (Å²) in [6.07, 6.45) is 1.97. The Bertz CT molecular complexity index is 187. The molecule has 0 unspecified atom stereocenters. The van der Waals surface area contributed by atoms with Crippen LogP contribution in [0.5, 0.6) is 0 Å². The number of nitrogens with one attached hydrogen (secondary N) is 1. The van der Waals surface area contributed by atoms with Crippen LogP contribution in [0.1, 0.15) is 19.3 Å². The number of nitrogens with two attached hydrogens (primary N) is 1. The average molecular weight is 185 g/mol. The molecule has 6 nitrogen and oxygen atoms in total. The summed E-state index contributed by atoms with van der Waals surface area (Å²) in [6, 6.07) is 0. The lowest BCUT2D eigenvalue weighted by Crippen LogP contribution is -2.28. The van der Waals surface area contributed by atoms with Crippen LogP contribution < -0.4 is 11.1 Å². The molecule has 0 saturated heterocycles. The smallest absolute Gasteiger partial charge is 0.220 e. The molecule has 0 aromatic rings. The Kier molecular flexibility index (Phi) is 7.98. The molecular formula is C7H15N5O. The predicted octanol–water partition coefficient (Wildman–Crippen LogP) is 0.542. The van der Waals surface area contributed by atoms with E-state index in [9.17, 15) is 4.79 Å². The normalized spacial score (nSPS) is 9.00. The van der Waals surface area contributed by atoms with Crippen LogP contribution in [0.2, 0.25) is 0 Å². The summed E-state index contributed by atoms with van der Waals surface area (Å²) < 4.78 is 0. The molecule has 0 saturated carbocycles. The first-order valence-electron chi connectivity index (χ1n) is 4.29. The predicted molar refractivity (Wildman–Crippen MR) is 49.9 cm³/mol. The number of carbonyl (C=O) groups excluding carboxylic acids is 1. The minimum Gasteiger partial charge on any atom is -0.355 e. The van der Waals surface area contributed by atoms with Gasteiger partial charge in [-0.15, -0.1) is 0 Å². The van der Waals surface area contributed by atoms with Gasteiger partial charge in [-0.3, -0.25) is 4.79 Å². The van der Waals surface area contributed by atoms with Gasteiger partial charge in [0.15, 0.2) is 0 Å². The minimum atomic E-state index is 0.00591. The standard InChI is InChI=1S/C7H15N5O/c8-4-6-10-7(13)3-1-2-5-11-12-9/h1-6,8H2,(H,10,13). The lowest BCUT2D eigenvalue weighted by atomic mass is 10.2. The maximum Gasteiger partial charge on any atom is 0.220 e. The van der Waals surface area contributed by atoms with Gasteiger partial charge in [0, 0.05) is 31.0 Å². The molecule has 0 aliphatic heterocycles. The molecule has 1 amide bonds. The average Bonchev–Trinajstić information content (AvgIpc) is 2.14. The van der Waals surface area contributed by atoms with E-state index in [1.807, 2.05) is 0 Å². The third-order valence-electron chi connectivity index (χ3n) is 1.44. The van der Waals surface area contributed by atoms with E-state index in [2.05, 4.69) is 15.3 Å². The lowest BCUT2D eigenvalue weighted by molar-refractivity contribution is -0.121. The summed E-state index contributed by atoms with van der Waals surface area (Å²) in [5.41, 5.74) is 13.2. The number of rotatable bonds is 7. The summed E-state index contributed by atoms with van der Waals surface area (Å²) in [6.45, 7) is 1.44. The molecule has 6 heteroatoms. The Morgan fingerprint density at radius 1 is 1.54 bits per heavy atom. The summed E-state index contributed by atoms with van der Waals surface area (Å²) in [5.74, 6) is 0.00591. The highest BCUT2D eigenvalue weighted by molar-refractivity contribution is 5.75. The van der Waals surface area contributed by atoms with E-state index in [0.717, 1.165) is 12.8 Å². The molecular weight excluding hydrogens is 170 g/mol. The largest absolute Gasteiger partial charge is 0.355 e. The van der Waals surface area contributed by atoms with Crippen LogP contribution in [0.3, 0.4) is 0 Å². The fourth-order valence-electron chi connectivity index (χ4n) is 0.813. The van der Waals surface area contributed by atoms with Gasteiger partial charge in [-0.25, -0.2) is 0 Å². The number of unbranched alkanes of at least 4 members (excludes halogenated alkanes) is 1. The van der Waals surface area contributed by atoms with Crippen LogP contribution in [0.15, 0.2) is 5.11 Å². The first kappa shape index (κ1) is 11.7. The number of amides is 1. The quantitative estimate of drug-likeness (QED) is 0.261. The second-order valence-corrected chi connectivity index (χ2v) is 2.55. The van der Waals surface area contributed by atoms with E-state index in [1.165, 1.54) is 0 Å². The van der Waals surface area contributed by atoms with Crippen LogP contribution in [0.25, 0.3) is 10.4 Å². The summed E-state index contributed by atoms with van der Waals surface area (Å²) in [5, 5.41) is 6.02. The monoisotopic (exact) mass is 185 g/mol. The Balaban J connectivity index is 3.21. The molecule has 0 atom stereocenters. The number of nitrogens with zero attached hydrogens (tertiary/aromatic N) is 3. The van der Waals surface area contributed by atoms with Crippen molar-refractivity contribution >= 4 is 5.91 Å². The van der Waals surface area contributed by atoms with Gasteiger partial charge < -0.3 is 11.1 Å². The summed E-state index contributed by atoms with van der Waals surface area (Å²) in [4.78, 5) is 13.6. The van der Waals surface area contributed by atoms with Gasteiger partial charge in [-0.1, -0.05) is 5.11 Å². The molecule has 0 rings (SSSR count). The van der Waals surface area contributed by atoms with Crippen molar-refractivity contribution in [1.29, 1.82) is 0 Å². The maximum atomic E-state index is 11.0. The molecule has 13 heavy (non-hydrogen) atoms. The van der Waals surface area contributed by atoms with Gasteiger partial charge in [0.2, 0.25) is 5.91 Å². The van der Waals surface area contributed by atoms with Gasteiger partial charge in [0.05, 0.1) is 0 Å². The van der Waals surface area contributed by atoms with Crippen molar-refractivity contribution in [1.82, 2.24) is 5.32 Å². The van der Waals surface area contributed by atoms with Crippen molar-refractivity contribution in [2.45, 2.75) is 19.3 Å². The molecule has 0 aliphatic carbocycles. The fourth-order valence-corrected chi connectivity index (χ4v) is 0.813. The van der Waals surface area contributed by atoms with E-state index in [-0.39, 0.29) is 5.91 Å². The third kappa shape index (κ3) is 8.65. The zero-order chi connectivity index (χ0) is 9.94. The molecule has 0 radical (unpaired) electrons. The second kappa shape index (κ2) is 8.83. The van der Waals surface area contributed by atoms with Crippen LogP contribution in [0, 0.1) is 0 Å². The zero-order valence-corrected chi connectivity index (χ0v) is 7.57. The summed E-state index contributed by atoms with van der Waals surface area (Å²) >= 11 is 0. The van der Waals surface area contributed by atoms with Gasteiger partial charge in [-0.05, 0) is 18.4 Å². The number of azide groups is 1. The highest BCUT2D eigenvalue weighted by Gasteiger charge is 1.98. The second-order valence-electron chi connectivity index (χ2n) is 2.55. The SMILES string of the molecule is [N-]=[N+]=NCCCCC(=O)NCCN. The minimum absolute atomic E-state index is 0.00591. The van der Waals surface area contributed by atoms with Crippen molar-refractivity contribution in [3.8, 4) is 0 Å². The van der Waals surface area contributed by atoms with Crippen LogP contribution in [0.4, 0.5) is 0 Å². The number of carbonyl (C=O) groups is 1. The molecule has 3 N–H and O–H groups in total. The zero-order valence-electron chi connectivity index (χ0n) is 7.57. The molecule has 0 spiro atoms. The third-order valence-corrected chi connectivity index (χ3v) is 1.44. The van der Waals surface area contributed by atoms with Crippen molar-refractivity contribution in [3.63, 3.8) is 0 Å². The fraction of sp³-hybridized carbons (Fsp3) is 0.857. The van der Waals surface area contributed by atoms with Gasteiger partial charge >= 0.3 is 0 Å². The van der Waals surface area contributed by atoms with Crippen molar-refractivity contribution in [2.75, 3.05) is 19.6 Å². The van der Waals surface area contributed by atoms with Crippen molar-refractivity contribution < 1.29 is 4.79 Å². The van der Waals surface area contributed by atoms with E-state index >= 15 is 0 Å². The Morgan fingerprint density at radius 2 is 2.31 bits per heavy atom. The van der Waals surface area contributed by atoms with Crippen molar-refractivity contribution in [3.05, 3.63) is 10.4 Å². The highest BCUT2D eigenvalue weighted by atomic mass is 16.1. The number of hydrogen-bond acceptors (Lipinski definition) is 3. The highest BCUT2D eigenvalue weighted by Crippen LogP contribution is 1.95. The summed E-state index contributed by atoms with van der Waals surface area (Å²) in [7, 11) is 0. The van der Waals surface area contributed by atoms with E-state index in [4.69, 9.17) is 11.3 Å². The molecule has 74 valence electrons.